The minimum absolute atomic E-state index is 0.248. The van der Waals surface area contributed by atoms with Gasteiger partial charge in [-0.25, -0.2) is 4.79 Å². The van der Waals surface area contributed by atoms with Gasteiger partial charge in [0.2, 0.25) is 0 Å². The lowest BCUT2D eigenvalue weighted by Crippen LogP contribution is -2.36. The molecule has 1 heterocycles. The van der Waals surface area contributed by atoms with Gasteiger partial charge in [-0.3, -0.25) is 4.90 Å². The van der Waals surface area contributed by atoms with Crippen molar-refractivity contribution in [3.8, 4) is 0 Å². The molecule has 1 saturated heterocycles. The van der Waals surface area contributed by atoms with Gasteiger partial charge in [0.25, 0.3) is 0 Å². The van der Waals surface area contributed by atoms with Crippen LogP contribution in [0.25, 0.3) is 0 Å². The number of likely N-dealkylation sites (tertiary alicyclic amines) is 1. The first-order valence-corrected chi connectivity index (χ1v) is 8.10. The minimum Gasteiger partial charge on any atom is -0.462 e. The SMILES string of the molecule is CCOC(=O)c1cc(Br)cc(CN2CCCCC2C)c1. The molecule has 1 fully saturated rings. The topological polar surface area (TPSA) is 29.5 Å². The van der Waals surface area contributed by atoms with E-state index < -0.39 is 0 Å². The molecule has 0 bridgehead atoms. The number of nitrogens with zero attached hydrogens (tertiary/aromatic N) is 1. The fourth-order valence-corrected chi connectivity index (χ4v) is 3.24. The van der Waals surface area contributed by atoms with E-state index in [1.54, 1.807) is 0 Å². The van der Waals surface area contributed by atoms with Crippen molar-refractivity contribution in [2.45, 2.75) is 45.7 Å². The number of hydrogen-bond donors (Lipinski definition) is 0. The normalized spacial score (nSPS) is 19.9. The Morgan fingerprint density at radius 1 is 1.40 bits per heavy atom. The predicted molar refractivity (Wildman–Crippen MR) is 83.8 cm³/mol. The predicted octanol–water partition coefficient (Wildman–Crippen LogP) is 4.00. The zero-order valence-electron chi connectivity index (χ0n) is 12.2. The van der Waals surface area contributed by atoms with Crippen LogP contribution in [-0.2, 0) is 11.3 Å². The smallest absolute Gasteiger partial charge is 0.338 e. The summed E-state index contributed by atoms with van der Waals surface area (Å²) in [5.74, 6) is -0.248. The Hall–Kier alpha value is -0.870. The van der Waals surface area contributed by atoms with Crippen LogP contribution in [0.2, 0.25) is 0 Å². The largest absolute Gasteiger partial charge is 0.462 e. The third kappa shape index (κ3) is 4.06. The average molecular weight is 340 g/mol. The number of halogens is 1. The molecule has 0 amide bonds. The van der Waals surface area contributed by atoms with Gasteiger partial charge in [0.05, 0.1) is 12.2 Å². The van der Waals surface area contributed by atoms with Gasteiger partial charge in [-0.1, -0.05) is 22.4 Å². The van der Waals surface area contributed by atoms with Crippen LogP contribution >= 0.6 is 15.9 Å². The summed E-state index contributed by atoms with van der Waals surface area (Å²) >= 11 is 3.49. The van der Waals surface area contributed by atoms with Gasteiger partial charge >= 0.3 is 5.97 Å². The summed E-state index contributed by atoms with van der Waals surface area (Å²) in [6.45, 7) is 6.55. The summed E-state index contributed by atoms with van der Waals surface area (Å²) in [7, 11) is 0. The maximum atomic E-state index is 11.8. The number of carbonyl (C=O) groups excluding carboxylic acids is 1. The van der Waals surface area contributed by atoms with Gasteiger partial charge in [0.1, 0.15) is 0 Å². The van der Waals surface area contributed by atoms with E-state index in [-0.39, 0.29) is 5.97 Å². The zero-order valence-corrected chi connectivity index (χ0v) is 13.8. The van der Waals surface area contributed by atoms with Crippen molar-refractivity contribution in [3.63, 3.8) is 0 Å². The molecule has 1 aromatic rings. The van der Waals surface area contributed by atoms with Gasteiger partial charge < -0.3 is 4.74 Å². The lowest BCUT2D eigenvalue weighted by atomic mass is 10.0. The van der Waals surface area contributed by atoms with E-state index in [1.807, 2.05) is 19.1 Å². The molecule has 0 radical (unpaired) electrons. The maximum absolute atomic E-state index is 11.8. The van der Waals surface area contributed by atoms with E-state index in [4.69, 9.17) is 4.74 Å². The molecule has 0 spiro atoms. The molecular formula is C16H22BrNO2. The Bertz CT molecular complexity index is 476. The van der Waals surface area contributed by atoms with Crippen LogP contribution in [0, 0.1) is 0 Å². The summed E-state index contributed by atoms with van der Waals surface area (Å²) in [5, 5.41) is 0. The first kappa shape index (κ1) is 15.5. The molecule has 110 valence electrons. The molecule has 0 aliphatic carbocycles. The van der Waals surface area contributed by atoms with E-state index in [0.29, 0.717) is 18.2 Å². The highest BCUT2D eigenvalue weighted by Gasteiger charge is 2.19. The average Bonchev–Trinajstić information content (AvgIpc) is 2.41. The third-order valence-electron chi connectivity index (χ3n) is 3.79. The fraction of sp³-hybridized carbons (Fsp3) is 0.562. The Morgan fingerprint density at radius 3 is 2.90 bits per heavy atom. The van der Waals surface area contributed by atoms with Crippen LogP contribution in [0.4, 0.5) is 0 Å². The number of carbonyl (C=O) groups is 1. The van der Waals surface area contributed by atoms with Crippen LogP contribution in [0.3, 0.4) is 0 Å². The van der Waals surface area contributed by atoms with Crippen LogP contribution in [0.1, 0.15) is 49.0 Å². The fourth-order valence-electron chi connectivity index (χ4n) is 2.70. The molecule has 20 heavy (non-hydrogen) atoms. The Kier molecular flexibility index (Phi) is 5.61. The van der Waals surface area contributed by atoms with Crippen LogP contribution in [-0.4, -0.2) is 30.1 Å². The van der Waals surface area contributed by atoms with E-state index >= 15 is 0 Å². The van der Waals surface area contributed by atoms with Gasteiger partial charge in [0.15, 0.2) is 0 Å². The second-order valence-corrected chi connectivity index (χ2v) is 6.30. The monoisotopic (exact) mass is 339 g/mol. The summed E-state index contributed by atoms with van der Waals surface area (Å²) < 4.78 is 6.01. The summed E-state index contributed by atoms with van der Waals surface area (Å²) in [6, 6.07) is 6.48. The van der Waals surface area contributed by atoms with E-state index in [2.05, 4.69) is 33.8 Å². The van der Waals surface area contributed by atoms with Crippen molar-refractivity contribution >= 4 is 21.9 Å². The molecule has 1 aliphatic rings. The molecule has 0 aromatic heterocycles. The molecular weight excluding hydrogens is 318 g/mol. The van der Waals surface area contributed by atoms with Gasteiger partial charge in [-0.2, -0.15) is 0 Å². The van der Waals surface area contributed by atoms with Crippen molar-refractivity contribution in [1.82, 2.24) is 4.90 Å². The summed E-state index contributed by atoms with van der Waals surface area (Å²) in [4.78, 5) is 14.3. The number of esters is 1. The third-order valence-corrected chi connectivity index (χ3v) is 4.25. The first-order chi connectivity index (χ1) is 9.60. The molecule has 2 rings (SSSR count). The van der Waals surface area contributed by atoms with Crippen molar-refractivity contribution in [1.29, 1.82) is 0 Å². The Balaban J connectivity index is 2.13. The van der Waals surface area contributed by atoms with E-state index in [1.165, 1.54) is 19.3 Å². The molecule has 1 atom stereocenters. The molecule has 1 unspecified atom stereocenters. The molecule has 1 aliphatic heterocycles. The lowest BCUT2D eigenvalue weighted by molar-refractivity contribution is 0.0526. The second kappa shape index (κ2) is 7.23. The number of benzene rings is 1. The number of hydrogen-bond acceptors (Lipinski definition) is 3. The van der Waals surface area contributed by atoms with E-state index in [0.717, 1.165) is 23.1 Å². The molecule has 0 saturated carbocycles. The second-order valence-electron chi connectivity index (χ2n) is 5.38. The maximum Gasteiger partial charge on any atom is 0.338 e. The molecule has 0 N–H and O–H groups in total. The zero-order chi connectivity index (χ0) is 14.5. The van der Waals surface area contributed by atoms with Crippen LogP contribution in [0.15, 0.2) is 22.7 Å². The summed E-state index contributed by atoms with van der Waals surface area (Å²) in [5.41, 5.74) is 1.79. The quantitative estimate of drug-likeness (QED) is 0.776. The Labute approximate surface area is 129 Å². The highest BCUT2D eigenvalue weighted by molar-refractivity contribution is 9.10. The van der Waals surface area contributed by atoms with Crippen molar-refractivity contribution in [3.05, 3.63) is 33.8 Å². The number of rotatable bonds is 4. The number of ether oxygens (including phenoxy) is 1. The standard InChI is InChI=1S/C16H22BrNO2/c1-3-20-16(19)14-8-13(9-15(17)10-14)11-18-7-5-4-6-12(18)2/h8-10,12H,3-7,11H2,1-2H3. The molecule has 3 nitrogen and oxygen atoms in total. The van der Waals surface area contributed by atoms with Gasteiger partial charge in [-0.05, 0) is 57.0 Å². The first-order valence-electron chi connectivity index (χ1n) is 7.30. The molecule has 1 aromatic carbocycles. The van der Waals surface area contributed by atoms with Gasteiger partial charge in [0, 0.05) is 17.1 Å². The van der Waals surface area contributed by atoms with Crippen LogP contribution < -0.4 is 0 Å². The van der Waals surface area contributed by atoms with E-state index in [9.17, 15) is 4.79 Å². The highest BCUT2D eigenvalue weighted by Crippen LogP contribution is 2.22. The Morgan fingerprint density at radius 2 is 2.20 bits per heavy atom. The summed E-state index contributed by atoms with van der Waals surface area (Å²) in [6.07, 6.45) is 3.85. The minimum atomic E-state index is -0.248. The van der Waals surface area contributed by atoms with Crippen molar-refractivity contribution in [2.75, 3.05) is 13.2 Å². The van der Waals surface area contributed by atoms with Gasteiger partial charge in [-0.15, -0.1) is 0 Å². The number of piperidine rings is 1. The molecule has 4 heteroatoms. The van der Waals surface area contributed by atoms with Crippen molar-refractivity contribution in [2.24, 2.45) is 0 Å². The highest BCUT2D eigenvalue weighted by atomic mass is 79.9. The lowest BCUT2D eigenvalue weighted by Gasteiger charge is -2.33. The van der Waals surface area contributed by atoms with Crippen LogP contribution in [0.5, 0.6) is 0 Å². The van der Waals surface area contributed by atoms with Crippen molar-refractivity contribution < 1.29 is 9.53 Å².